The summed E-state index contributed by atoms with van der Waals surface area (Å²) < 4.78 is 10.1. The van der Waals surface area contributed by atoms with Gasteiger partial charge < -0.3 is 19.9 Å². The highest BCUT2D eigenvalue weighted by Crippen LogP contribution is 2.30. The minimum atomic E-state index is -0.405. The van der Waals surface area contributed by atoms with Crippen LogP contribution in [0, 0.1) is 0 Å². The first-order chi connectivity index (χ1) is 19.9. The van der Waals surface area contributed by atoms with Gasteiger partial charge in [0.2, 0.25) is 5.91 Å². The zero-order chi connectivity index (χ0) is 28.9. The Morgan fingerprint density at radius 2 is 1.90 bits per heavy atom. The number of hydrogen-bond acceptors (Lipinski definition) is 6. The fraction of sp³-hybridized carbons (Fsp3) is 0.419. The fourth-order valence-electron chi connectivity index (χ4n) is 5.71. The van der Waals surface area contributed by atoms with E-state index in [2.05, 4.69) is 10.6 Å². The van der Waals surface area contributed by atoms with Crippen molar-refractivity contribution in [1.82, 2.24) is 23.6 Å². The molecule has 0 aliphatic carbocycles. The van der Waals surface area contributed by atoms with Crippen LogP contribution in [0.2, 0.25) is 0 Å². The lowest BCUT2D eigenvalue weighted by Crippen LogP contribution is -2.42. The van der Waals surface area contributed by atoms with Crippen molar-refractivity contribution in [3.63, 3.8) is 0 Å². The number of ether oxygens (including phenoxy) is 1. The van der Waals surface area contributed by atoms with Crippen molar-refractivity contribution < 1.29 is 9.53 Å². The van der Waals surface area contributed by atoms with Gasteiger partial charge in [-0.15, -0.1) is 0 Å². The van der Waals surface area contributed by atoms with Crippen LogP contribution in [0.1, 0.15) is 43.0 Å². The fourth-order valence-corrected chi connectivity index (χ4v) is 5.71. The number of nitrogens with two attached hydrogens (primary N) is 1. The summed E-state index contributed by atoms with van der Waals surface area (Å²) in [7, 11) is 3.17. The monoisotopic (exact) mass is 558 g/mol. The summed E-state index contributed by atoms with van der Waals surface area (Å²) in [5, 5.41) is 0. The molecule has 5 rings (SSSR count). The van der Waals surface area contributed by atoms with Crippen LogP contribution in [-0.4, -0.2) is 62.3 Å². The number of para-hydroxylation sites is 2. The number of hydrogen-bond donors (Lipinski definition) is 1. The number of methoxy groups -OCH3 is 1. The number of carbonyl (C=O) groups excluding carboxylic acids is 1. The maximum absolute atomic E-state index is 13.3. The Labute approximate surface area is 239 Å². The molecule has 41 heavy (non-hydrogen) atoms. The quantitative estimate of drug-likeness (QED) is 0.299. The van der Waals surface area contributed by atoms with Crippen molar-refractivity contribution in [3.05, 3.63) is 93.0 Å². The number of fused-ring (bicyclic) bond motifs is 1. The molecule has 1 amide bonds. The number of imidazole rings is 1. The van der Waals surface area contributed by atoms with Gasteiger partial charge in [0.05, 0.1) is 16.7 Å². The van der Waals surface area contributed by atoms with Crippen LogP contribution in [0.4, 0.5) is 0 Å². The summed E-state index contributed by atoms with van der Waals surface area (Å²) in [5.41, 5.74) is 9.43. The first-order valence-corrected chi connectivity index (χ1v) is 14.2. The Balaban J connectivity index is 1.22. The van der Waals surface area contributed by atoms with E-state index in [0.717, 1.165) is 59.3 Å². The van der Waals surface area contributed by atoms with Gasteiger partial charge in [-0.25, -0.2) is 9.78 Å². The first-order valence-electron chi connectivity index (χ1n) is 14.2. The Bertz CT molecular complexity index is 1620. The molecule has 2 aromatic carbocycles. The third-order valence-corrected chi connectivity index (χ3v) is 7.89. The number of carbonyl (C=O) groups is 1. The highest BCUT2D eigenvalue weighted by Gasteiger charge is 2.29. The van der Waals surface area contributed by atoms with Crippen molar-refractivity contribution in [2.24, 2.45) is 12.8 Å². The van der Waals surface area contributed by atoms with Gasteiger partial charge in [-0.1, -0.05) is 24.3 Å². The lowest BCUT2D eigenvalue weighted by Gasteiger charge is -2.33. The zero-order valence-corrected chi connectivity index (χ0v) is 23.7. The molecule has 0 radical (unpaired) electrons. The molecule has 1 fully saturated rings. The number of piperidine rings is 1. The number of amides is 1. The summed E-state index contributed by atoms with van der Waals surface area (Å²) in [4.78, 5) is 44.4. The molecule has 10 nitrogen and oxygen atoms in total. The van der Waals surface area contributed by atoms with Crippen molar-refractivity contribution in [3.8, 4) is 5.69 Å². The Morgan fingerprint density at radius 1 is 1.12 bits per heavy atom. The predicted molar refractivity (Wildman–Crippen MR) is 158 cm³/mol. The molecule has 216 valence electrons. The average molecular weight is 559 g/mol. The van der Waals surface area contributed by atoms with Crippen LogP contribution in [0.3, 0.4) is 0 Å². The average Bonchev–Trinajstić information content (AvgIpc) is 3.35. The Hall–Kier alpha value is -4.02. The topological polar surface area (TPSA) is 117 Å². The zero-order valence-electron chi connectivity index (χ0n) is 23.7. The van der Waals surface area contributed by atoms with E-state index in [0.29, 0.717) is 25.3 Å². The lowest BCUT2D eigenvalue weighted by molar-refractivity contribution is -0.132. The molecule has 2 aromatic heterocycles. The van der Waals surface area contributed by atoms with Crippen molar-refractivity contribution in [2.45, 2.75) is 50.6 Å². The normalized spacial score (nSPS) is 16.3. The molecule has 4 aromatic rings. The van der Waals surface area contributed by atoms with Crippen LogP contribution in [0.5, 0.6) is 0 Å². The van der Waals surface area contributed by atoms with Gasteiger partial charge in [0.25, 0.3) is 5.56 Å². The van der Waals surface area contributed by atoms with Crippen LogP contribution in [-0.2, 0) is 29.5 Å². The Kier molecular flexibility index (Phi) is 8.80. The maximum atomic E-state index is 13.3. The van der Waals surface area contributed by atoms with Gasteiger partial charge in [0.1, 0.15) is 5.82 Å². The SMILES string of the molecule is COCCCn1c(C2CCCN(C(=O)CC(N)Cc3ccc(-n4ccc(=O)n(C)c4=O)cc3)C2)nc2ccccc21. The van der Waals surface area contributed by atoms with Crippen LogP contribution < -0.4 is 17.0 Å². The van der Waals surface area contributed by atoms with Gasteiger partial charge >= 0.3 is 5.69 Å². The number of benzene rings is 2. The number of likely N-dealkylation sites (tertiary alicyclic amines) is 1. The smallest absolute Gasteiger partial charge is 0.335 e. The third kappa shape index (κ3) is 6.34. The first kappa shape index (κ1) is 28.5. The molecular formula is C31H38N6O4. The molecule has 3 heterocycles. The number of nitrogens with zero attached hydrogens (tertiary/aromatic N) is 5. The predicted octanol–water partition coefficient (Wildman–Crippen LogP) is 2.59. The molecule has 0 saturated carbocycles. The second kappa shape index (κ2) is 12.7. The van der Waals surface area contributed by atoms with E-state index in [1.807, 2.05) is 47.4 Å². The van der Waals surface area contributed by atoms with Gasteiger partial charge in [0.15, 0.2) is 0 Å². The van der Waals surface area contributed by atoms with Crippen LogP contribution in [0.15, 0.2) is 70.4 Å². The highest BCUT2D eigenvalue weighted by molar-refractivity contribution is 5.78. The van der Waals surface area contributed by atoms with E-state index in [-0.39, 0.29) is 29.8 Å². The summed E-state index contributed by atoms with van der Waals surface area (Å²) in [6, 6.07) is 16.7. The molecule has 1 aliphatic rings. The van der Waals surface area contributed by atoms with Crippen molar-refractivity contribution in [2.75, 3.05) is 26.8 Å². The minimum absolute atomic E-state index is 0.0672. The van der Waals surface area contributed by atoms with E-state index in [1.165, 1.54) is 23.9 Å². The van der Waals surface area contributed by atoms with Crippen LogP contribution in [0.25, 0.3) is 16.7 Å². The molecule has 1 aliphatic heterocycles. The van der Waals surface area contributed by atoms with Crippen molar-refractivity contribution in [1.29, 1.82) is 0 Å². The molecule has 0 bridgehead atoms. The molecule has 1 saturated heterocycles. The van der Waals surface area contributed by atoms with E-state index in [4.69, 9.17) is 15.5 Å². The standard InChI is InChI=1S/C31H38N6O4/c1-34-28(38)14-17-36(31(34)40)25-12-10-22(11-13-25)19-24(32)20-29(39)35-15-5-7-23(21-35)30-33-26-8-3-4-9-27(26)37(30)16-6-18-41-2/h3-4,8-14,17,23-24H,5-7,15-16,18-21,32H2,1-2H3. The van der Waals surface area contributed by atoms with Crippen molar-refractivity contribution >= 4 is 16.9 Å². The number of aryl methyl sites for hydroxylation is 1. The van der Waals surface area contributed by atoms with E-state index in [9.17, 15) is 14.4 Å². The number of aromatic nitrogens is 4. The van der Waals surface area contributed by atoms with E-state index < -0.39 is 5.69 Å². The highest BCUT2D eigenvalue weighted by atomic mass is 16.5. The second-order valence-electron chi connectivity index (χ2n) is 10.8. The third-order valence-electron chi connectivity index (χ3n) is 7.89. The second-order valence-corrected chi connectivity index (χ2v) is 10.8. The van der Waals surface area contributed by atoms with Gasteiger partial charge in [0, 0.05) is 71.0 Å². The van der Waals surface area contributed by atoms with Gasteiger partial charge in [-0.3, -0.25) is 18.7 Å². The minimum Gasteiger partial charge on any atom is -0.385 e. The lowest BCUT2D eigenvalue weighted by atomic mass is 9.96. The molecular weight excluding hydrogens is 520 g/mol. The molecule has 2 atom stereocenters. The summed E-state index contributed by atoms with van der Waals surface area (Å²) in [6.07, 6.45) is 5.11. The molecule has 10 heteroatoms. The van der Waals surface area contributed by atoms with E-state index in [1.54, 1.807) is 7.11 Å². The number of rotatable bonds is 10. The maximum Gasteiger partial charge on any atom is 0.335 e. The van der Waals surface area contributed by atoms with E-state index >= 15 is 0 Å². The summed E-state index contributed by atoms with van der Waals surface area (Å²) in [5.74, 6) is 1.28. The van der Waals surface area contributed by atoms with Crippen LogP contribution >= 0.6 is 0 Å². The Morgan fingerprint density at radius 3 is 2.68 bits per heavy atom. The molecule has 0 spiro atoms. The largest absolute Gasteiger partial charge is 0.385 e. The van der Waals surface area contributed by atoms with Gasteiger partial charge in [-0.2, -0.15) is 0 Å². The summed E-state index contributed by atoms with van der Waals surface area (Å²) in [6.45, 7) is 2.89. The summed E-state index contributed by atoms with van der Waals surface area (Å²) >= 11 is 0. The molecule has 2 N–H and O–H groups in total. The van der Waals surface area contributed by atoms with Gasteiger partial charge in [-0.05, 0) is 55.5 Å². The molecule has 2 unspecified atom stereocenters.